The van der Waals surface area contributed by atoms with Crippen molar-refractivity contribution in [2.24, 2.45) is 7.05 Å². The number of carbonyl (C=O) groups excluding carboxylic acids is 1. The number of benzene rings is 1. The Labute approximate surface area is 161 Å². The summed E-state index contributed by atoms with van der Waals surface area (Å²) in [5.74, 6) is 0.836. The summed E-state index contributed by atoms with van der Waals surface area (Å²) in [6, 6.07) is 11.1. The summed E-state index contributed by atoms with van der Waals surface area (Å²) in [6.45, 7) is 0. The maximum atomic E-state index is 12.6. The van der Waals surface area contributed by atoms with Gasteiger partial charge in [0.2, 0.25) is 0 Å². The molecule has 0 radical (unpaired) electrons. The first-order chi connectivity index (χ1) is 13.5. The van der Waals surface area contributed by atoms with Crippen LogP contribution < -0.4 is 10.2 Å². The van der Waals surface area contributed by atoms with Gasteiger partial charge in [-0.3, -0.25) is 4.79 Å². The molecule has 4 rings (SSSR count). The number of aryl methyl sites for hydroxylation is 1. The highest BCUT2D eigenvalue weighted by molar-refractivity contribution is 6.04. The number of rotatable bonds is 4. The van der Waals surface area contributed by atoms with Gasteiger partial charge in [0.25, 0.3) is 5.91 Å². The van der Waals surface area contributed by atoms with Crippen molar-refractivity contribution in [3.8, 4) is 11.3 Å². The van der Waals surface area contributed by atoms with Gasteiger partial charge in [0.1, 0.15) is 5.82 Å². The van der Waals surface area contributed by atoms with E-state index in [-0.39, 0.29) is 5.91 Å². The second kappa shape index (κ2) is 7.07. The molecule has 0 aliphatic rings. The number of hydrogen-bond acceptors (Lipinski definition) is 6. The van der Waals surface area contributed by atoms with Gasteiger partial charge in [-0.2, -0.15) is 0 Å². The lowest BCUT2D eigenvalue weighted by Gasteiger charge is -2.12. The van der Waals surface area contributed by atoms with Gasteiger partial charge in [0, 0.05) is 43.9 Å². The molecule has 0 aliphatic heterocycles. The van der Waals surface area contributed by atoms with Gasteiger partial charge < -0.3 is 14.8 Å². The summed E-state index contributed by atoms with van der Waals surface area (Å²) < 4.78 is 1.95. The second-order valence-corrected chi connectivity index (χ2v) is 6.64. The Bertz CT molecular complexity index is 1170. The lowest BCUT2D eigenvalue weighted by molar-refractivity contribution is 0.102. The van der Waals surface area contributed by atoms with Gasteiger partial charge in [-0.05, 0) is 30.3 Å². The highest BCUT2D eigenvalue weighted by Gasteiger charge is 2.11. The molecule has 140 valence electrons. The minimum absolute atomic E-state index is 0.262. The molecule has 0 spiro atoms. The van der Waals surface area contributed by atoms with Crippen molar-refractivity contribution < 1.29 is 4.79 Å². The van der Waals surface area contributed by atoms with Crippen LogP contribution in [0.4, 0.5) is 11.6 Å². The van der Waals surface area contributed by atoms with E-state index in [9.17, 15) is 4.79 Å². The normalized spacial score (nSPS) is 10.8. The van der Waals surface area contributed by atoms with Gasteiger partial charge in [-0.25, -0.2) is 9.97 Å². The van der Waals surface area contributed by atoms with Crippen molar-refractivity contribution in [1.82, 2.24) is 24.7 Å². The molecule has 3 heterocycles. The Kier molecular flexibility index (Phi) is 4.44. The molecule has 1 aromatic carbocycles. The maximum Gasteiger partial charge on any atom is 0.257 e. The standard InChI is InChI=1S/C20H19N7O/c1-26(2)19-10-14(6-7-22-19)20(28)23-18-9-15-8-13(4-5-16(15)24-25-18)17-11-21-12-27(17)3/h4-12H,1-3H3,(H,23,25,28). The molecule has 1 N–H and O–H groups in total. The third-order valence-electron chi connectivity index (χ3n) is 4.41. The zero-order valence-corrected chi connectivity index (χ0v) is 15.8. The van der Waals surface area contributed by atoms with E-state index >= 15 is 0 Å². The van der Waals surface area contributed by atoms with E-state index in [1.54, 1.807) is 24.7 Å². The van der Waals surface area contributed by atoms with E-state index in [2.05, 4.69) is 25.5 Å². The predicted molar refractivity (Wildman–Crippen MR) is 108 cm³/mol. The predicted octanol–water partition coefficient (Wildman–Crippen LogP) is 2.74. The van der Waals surface area contributed by atoms with E-state index < -0.39 is 0 Å². The Morgan fingerprint density at radius 2 is 1.96 bits per heavy atom. The first-order valence-corrected chi connectivity index (χ1v) is 8.70. The van der Waals surface area contributed by atoms with Crippen LogP contribution in [-0.2, 0) is 7.05 Å². The zero-order chi connectivity index (χ0) is 19.7. The molecule has 0 unspecified atom stereocenters. The van der Waals surface area contributed by atoms with Crippen LogP contribution in [-0.4, -0.2) is 44.7 Å². The average molecular weight is 373 g/mol. The smallest absolute Gasteiger partial charge is 0.257 e. The Hall–Kier alpha value is -3.81. The number of hydrogen-bond donors (Lipinski definition) is 1. The summed E-state index contributed by atoms with van der Waals surface area (Å²) in [4.78, 5) is 22.8. The van der Waals surface area contributed by atoms with E-state index in [0.29, 0.717) is 17.2 Å². The Morgan fingerprint density at radius 1 is 1.11 bits per heavy atom. The van der Waals surface area contributed by atoms with Crippen molar-refractivity contribution in [3.05, 3.63) is 60.7 Å². The van der Waals surface area contributed by atoms with Crippen molar-refractivity contribution >= 4 is 28.4 Å². The van der Waals surface area contributed by atoms with Crippen LogP contribution in [0.5, 0.6) is 0 Å². The number of amides is 1. The lowest BCUT2D eigenvalue weighted by Crippen LogP contribution is -2.16. The quantitative estimate of drug-likeness (QED) is 0.592. The van der Waals surface area contributed by atoms with Crippen LogP contribution in [0.25, 0.3) is 22.2 Å². The fraction of sp³-hybridized carbons (Fsp3) is 0.150. The fourth-order valence-corrected chi connectivity index (χ4v) is 2.89. The molecule has 3 aromatic heterocycles. The molecule has 4 aromatic rings. The molecule has 8 nitrogen and oxygen atoms in total. The molecule has 0 aliphatic carbocycles. The first kappa shape index (κ1) is 17.6. The van der Waals surface area contributed by atoms with Gasteiger partial charge in [-0.1, -0.05) is 6.07 Å². The third-order valence-corrected chi connectivity index (χ3v) is 4.41. The summed E-state index contributed by atoms with van der Waals surface area (Å²) >= 11 is 0. The van der Waals surface area contributed by atoms with Crippen LogP contribution in [0, 0.1) is 0 Å². The van der Waals surface area contributed by atoms with Gasteiger partial charge in [0.05, 0.1) is 23.7 Å². The van der Waals surface area contributed by atoms with Crippen LogP contribution >= 0.6 is 0 Å². The molecule has 0 bridgehead atoms. The molecule has 0 atom stereocenters. The monoisotopic (exact) mass is 373 g/mol. The number of pyridine rings is 1. The molecule has 8 heteroatoms. The van der Waals surface area contributed by atoms with Crippen LogP contribution in [0.15, 0.2) is 55.1 Å². The molecule has 0 fully saturated rings. The Balaban J connectivity index is 1.63. The zero-order valence-electron chi connectivity index (χ0n) is 15.8. The van der Waals surface area contributed by atoms with Crippen molar-refractivity contribution in [3.63, 3.8) is 0 Å². The largest absolute Gasteiger partial charge is 0.363 e. The molecular weight excluding hydrogens is 354 g/mol. The number of anilines is 2. The van der Waals surface area contributed by atoms with Crippen molar-refractivity contribution in [1.29, 1.82) is 0 Å². The van der Waals surface area contributed by atoms with Crippen LogP contribution in [0.2, 0.25) is 0 Å². The summed E-state index contributed by atoms with van der Waals surface area (Å²) in [6.07, 6.45) is 5.17. The van der Waals surface area contributed by atoms with E-state index in [1.807, 2.05) is 61.1 Å². The molecule has 0 saturated heterocycles. The Morgan fingerprint density at radius 3 is 2.71 bits per heavy atom. The number of nitrogens with zero attached hydrogens (tertiary/aromatic N) is 6. The minimum Gasteiger partial charge on any atom is -0.363 e. The van der Waals surface area contributed by atoms with E-state index in [4.69, 9.17) is 0 Å². The lowest BCUT2D eigenvalue weighted by atomic mass is 10.1. The van der Waals surface area contributed by atoms with Crippen LogP contribution in [0.1, 0.15) is 10.4 Å². The molecule has 28 heavy (non-hydrogen) atoms. The summed E-state index contributed by atoms with van der Waals surface area (Å²) in [7, 11) is 5.69. The molecule has 0 saturated carbocycles. The first-order valence-electron chi connectivity index (χ1n) is 8.70. The third kappa shape index (κ3) is 3.39. The van der Waals surface area contributed by atoms with E-state index in [0.717, 1.165) is 22.2 Å². The number of imidazole rings is 1. The SMILES string of the molecule is CN(C)c1cc(C(=O)Nc2cc3cc(-c4cncn4C)ccc3nn2)ccn1. The fourth-order valence-electron chi connectivity index (χ4n) is 2.89. The summed E-state index contributed by atoms with van der Waals surface area (Å²) in [5, 5.41) is 12.0. The van der Waals surface area contributed by atoms with Crippen molar-refractivity contribution in [2.45, 2.75) is 0 Å². The number of carbonyl (C=O) groups is 1. The number of aromatic nitrogens is 5. The second-order valence-electron chi connectivity index (χ2n) is 6.64. The van der Waals surface area contributed by atoms with Gasteiger partial charge >= 0.3 is 0 Å². The number of fused-ring (bicyclic) bond motifs is 1. The molecule has 1 amide bonds. The minimum atomic E-state index is -0.262. The highest BCUT2D eigenvalue weighted by Crippen LogP contribution is 2.24. The number of nitrogens with one attached hydrogen (secondary N) is 1. The average Bonchev–Trinajstić information content (AvgIpc) is 3.13. The van der Waals surface area contributed by atoms with E-state index in [1.165, 1.54) is 0 Å². The van der Waals surface area contributed by atoms with Gasteiger partial charge in [-0.15, -0.1) is 10.2 Å². The van der Waals surface area contributed by atoms with Crippen molar-refractivity contribution in [2.75, 3.05) is 24.3 Å². The van der Waals surface area contributed by atoms with Crippen LogP contribution in [0.3, 0.4) is 0 Å². The topological polar surface area (TPSA) is 88.8 Å². The highest BCUT2D eigenvalue weighted by atomic mass is 16.1. The van der Waals surface area contributed by atoms with Gasteiger partial charge in [0.15, 0.2) is 5.82 Å². The maximum absolute atomic E-state index is 12.6. The summed E-state index contributed by atoms with van der Waals surface area (Å²) in [5.41, 5.74) is 3.27. The molecular formula is C20H19N7O.